The topological polar surface area (TPSA) is 29.1 Å². The lowest BCUT2D eigenvalue weighted by molar-refractivity contribution is -0.119. The third-order valence-electron chi connectivity index (χ3n) is 4.44. The van der Waals surface area contributed by atoms with Crippen LogP contribution in [0.2, 0.25) is 0 Å². The lowest BCUT2D eigenvalue weighted by atomic mass is 9.78. The molecule has 110 valence electrons. The SMILES string of the molecule is Cc1ccc(SCC(=O)N[C@@H]2CCC[C@H](C)[C@@H]2C)cc1. The molecular weight excluding hydrogens is 266 g/mol. The summed E-state index contributed by atoms with van der Waals surface area (Å²) in [7, 11) is 0. The van der Waals surface area contributed by atoms with Crippen LogP contribution in [0.25, 0.3) is 0 Å². The Hall–Kier alpha value is -0.960. The fraction of sp³-hybridized carbons (Fsp3) is 0.588. The molecule has 0 radical (unpaired) electrons. The summed E-state index contributed by atoms with van der Waals surface area (Å²) < 4.78 is 0. The minimum Gasteiger partial charge on any atom is -0.352 e. The van der Waals surface area contributed by atoms with E-state index in [1.165, 1.54) is 18.4 Å². The highest BCUT2D eigenvalue weighted by Gasteiger charge is 2.27. The molecule has 1 saturated carbocycles. The molecular formula is C17H25NOS. The van der Waals surface area contributed by atoms with Gasteiger partial charge in [0, 0.05) is 10.9 Å². The molecule has 3 atom stereocenters. The minimum absolute atomic E-state index is 0.168. The van der Waals surface area contributed by atoms with Crippen molar-refractivity contribution in [1.82, 2.24) is 5.32 Å². The van der Waals surface area contributed by atoms with Crippen LogP contribution in [0.3, 0.4) is 0 Å². The summed E-state index contributed by atoms with van der Waals surface area (Å²) in [5.41, 5.74) is 1.25. The van der Waals surface area contributed by atoms with Gasteiger partial charge in [-0.2, -0.15) is 0 Å². The van der Waals surface area contributed by atoms with Gasteiger partial charge in [-0.25, -0.2) is 0 Å². The molecule has 1 N–H and O–H groups in total. The van der Waals surface area contributed by atoms with Crippen molar-refractivity contribution in [1.29, 1.82) is 0 Å². The van der Waals surface area contributed by atoms with Gasteiger partial charge in [0.25, 0.3) is 0 Å². The first-order valence-corrected chi connectivity index (χ1v) is 8.53. The molecule has 1 fully saturated rings. The van der Waals surface area contributed by atoms with Gasteiger partial charge in [-0.1, -0.05) is 44.4 Å². The predicted octanol–water partition coefficient (Wildman–Crippen LogP) is 4.03. The van der Waals surface area contributed by atoms with Gasteiger partial charge in [0.2, 0.25) is 5.91 Å². The van der Waals surface area contributed by atoms with E-state index in [4.69, 9.17) is 0 Å². The minimum atomic E-state index is 0.168. The van der Waals surface area contributed by atoms with Gasteiger partial charge in [-0.15, -0.1) is 11.8 Å². The zero-order valence-corrected chi connectivity index (χ0v) is 13.5. The number of carbonyl (C=O) groups excluding carboxylic acids is 1. The maximum absolute atomic E-state index is 12.1. The van der Waals surface area contributed by atoms with Crippen molar-refractivity contribution in [2.24, 2.45) is 11.8 Å². The van der Waals surface area contributed by atoms with Crippen LogP contribution in [0.15, 0.2) is 29.2 Å². The summed E-state index contributed by atoms with van der Waals surface area (Å²) in [6.45, 7) is 6.64. The molecule has 0 bridgehead atoms. The molecule has 2 nitrogen and oxygen atoms in total. The van der Waals surface area contributed by atoms with Crippen LogP contribution in [-0.4, -0.2) is 17.7 Å². The third-order valence-corrected chi connectivity index (χ3v) is 5.46. The van der Waals surface area contributed by atoms with Crippen LogP contribution in [0.4, 0.5) is 0 Å². The van der Waals surface area contributed by atoms with Gasteiger partial charge in [0.05, 0.1) is 5.75 Å². The Kier molecular flexibility index (Phi) is 5.53. The standard InChI is InChI=1S/C17H25NOS/c1-12-7-9-15(10-8-12)20-11-17(19)18-16-6-4-5-13(2)14(16)3/h7-10,13-14,16H,4-6,11H2,1-3H3,(H,18,19)/t13-,14-,16+/m0/s1. The van der Waals surface area contributed by atoms with Gasteiger partial charge < -0.3 is 5.32 Å². The van der Waals surface area contributed by atoms with Crippen LogP contribution in [0.5, 0.6) is 0 Å². The zero-order valence-electron chi connectivity index (χ0n) is 12.7. The van der Waals surface area contributed by atoms with E-state index in [0.29, 0.717) is 17.7 Å². The molecule has 1 amide bonds. The molecule has 1 aliphatic carbocycles. The number of benzene rings is 1. The van der Waals surface area contributed by atoms with E-state index in [2.05, 4.69) is 50.4 Å². The normalized spacial score (nSPS) is 26.2. The van der Waals surface area contributed by atoms with Crippen LogP contribution < -0.4 is 5.32 Å². The number of hydrogen-bond acceptors (Lipinski definition) is 2. The fourth-order valence-electron chi connectivity index (χ4n) is 2.82. The largest absolute Gasteiger partial charge is 0.352 e. The van der Waals surface area contributed by atoms with Crippen LogP contribution in [0.1, 0.15) is 38.7 Å². The second kappa shape index (κ2) is 7.16. The number of amides is 1. The first-order chi connectivity index (χ1) is 9.56. The molecule has 20 heavy (non-hydrogen) atoms. The summed E-state index contributed by atoms with van der Waals surface area (Å²) in [6.07, 6.45) is 3.67. The quantitative estimate of drug-likeness (QED) is 0.849. The lowest BCUT2D eigenvalue weighted by Gasteiger charge is -2.34. The zero-order chi connectivity index (χ0) is 14.5. The number of carbonyl (C=O) groups is 1. The molecule has 0 aliphatic heterocycles. The van der Waals surface area contributed by atoms with E-state index in [-0.39, 0.29) is 5.91 Å². The van der Waals surface area contributed by atoms with E-state index in [1.807, 2.05) is 0 Å². The smallest absolute Gasteiger partial charge is 0.230 e. The van der Waals surface area contributed by atoms with Crippen molar-refractivity contribution in [2.75, 3.05) is 5.75 Å². The summed E-state index contributed by atoms with van der Waals surface area (Å²) in [5.74, 6) is 2.00. The van der Waals surface area contributed by atoms with Gasteiger partial charge in [0.15, 0.2) is 0 Å². The molecule has 0 aromatic heterocycles. The summed E-state index contributed by atoms with van der Waals surface area (Å²) in [4.78, 5) is 13.2. The Morgan fingerprint density at radius 2 is 1.95 bits per heavy atom. The number of nitrogens with one attached hydrogen (secondary N) is 1. The summed E-state index contributed by atoms with van der Waals surface area (Å²) in [5, 5.41) is 3.22. The van der Waals surface area contributed by atoms with Crippen LogP contribution in [0, 0.1) is 18.8 Å². The first kappa shape index (κ1) is 15.4. The lowest BCUT2D eigenvalue weighted by Crippen LogP contribution is -2.44. The van der Waals surface area contributed by atoms with E-state index in [1.54, 1.807) is 11.8 Å². The number of hydrogen-bond donors (Lipinski definition) is 1. The van der Waals surface area contributed by atoms with Crippen molar-refractivity contribution in [3.8, 4) is 0 Å². The van der Waals surface area contributed by atoms with E-state index >= 15 is 0 Å². The molecule has 1 aromatic rings. The van der Waals surface area contributed by atoms with Crippen molar-refractivity contribution in [2.45, 2.75) is 51.0 Å². The number of thioether (sulfide) groups is 1. The third kappa shape index (κ3) is 4.27. The second-order valence-corrected chi connectivity index (χ2v) is 7.09. The molecule has 0 spiro atoms. The highest BCUT2D eigenvalue weighted by Crippen LogP contribution is 2.29. The van der Waals surface area contributed by atoms with Crippen LogP contribution in [-0.2, 0) is 4.79 Å². The predicted molar refractivity (Wildman–Crippen MR) is 86.0 cm³/mol. The average Bonchev–Trinajstić information content (AvgIpc) is 2.43. The Morgan fingerprint density at radius 1 is 1.25 bits per heavy atom. The van der Waals surface area contributed by atoms with Gasteiger partial charge in [-0.3, -0.25) is 4.79 Å². The Morgan fingerprint density at radius 3 is 2.65 bits per heavy atom. The Bertz CT molecular complexity index is 443. The molecule has 1 aliphatic rings. The van der Waals surface area contributed by atoms with E-state index < -0.39 is 0 Å². The first-order valence-electron chi connectivity index (χ1n) is 7.55. The van der Waals surface area contributed by atoms with Crippen molar-refractivity contribution >= 4 is 17.7 Å². The maximum Gasteiger partial charge on any atom is 0.230 e. The molecule has 3 heteroatoms. The van der Waals surface area contributed by atoms with Crippen molar-refractivity contribution in [3.63, 3.8) is 0 Å². The van der Waals surface area contributed by atoms with Gasteiger partial charge >= 0.3 is 0 Å². The van der Waals surface area contributed by atoms with Gasteiger partial charge in [-0.05, 0) is 37.3 Å². The molecule has 0 heterocycles. The molecule has 1 aromatic carbocycles. The average molecular weight is 291 g/mol. The molecule has 2 rings (SSSR count). The molecule has 0 unspecified atom stereocenters. The second-order valence-electron chi connectivity index (χ2n) is 6.04. The summed E-state index contributed by atoms with van der Waals surface area (Å²) in [6, 6.07) is 8.71. The highest BCUT2D eigenvalue weighted by atomic mass is 32.2. The van der Waals surface area contributed by atoms with E-state index in [9.17, 15) is 4.79 Å². The Balaban J connectivity index is 1.79. The monoisotopic (exact) mass is 291 g/mol. The number of rotatable bonds is 4. The summed E-state index contributed by atoms with van der Waals surface area (Å²) >= 11 is 1.62. The Labute approximate surface area is 126 Å². The fourth-order valence-corrected chi connectivity index (χ4v) is 3.53. The molecule has 0 saturated heterocycles. The number of aryl methyl sites for hydroxylation is 1. The van der Waals surface area contributed by atoms with Crippen LogP contribution >= 0.6 is 11.8 Å². The van der Waals surface area contributed by atoms with Gasteiger partial charge in [0.1, 0.15) is 0 Å². The van der Waals surface area contributed by atoms with E-state index in [0.717, 1.165) is 17.2 Å². The van der Waals surface area contributed by atoms with Crippen molar-refractivity contribution in [3.05, 3.63) is 29.8 Å². The van der Waals surface area contributed by atoms with Crippen molar-refractivity contribution < 1.29 is 4.79 Å². The highest BCUT2D eigenvalue weighted by molar-refractivity contribution is 8.00. The maximum atomic E-state index is 12.1.